The summed E-state index contributed by atoms with van der Waals surface area (Å²) in [6.07, 6.45) is 0.874. The van der Waals surface area contributed by atoms with Crippen molar-refractivity contribution in [2.45, 2.75) is 30.3 Å². The molecule has 7 nitrogen and oxygen atoms in total. The number of amides is 1. The molecule has 4 rings (SSSR count). The Balaban J connectivity index is 1.47. The topological polar surface area (TPSA) is 88.1 Å². The highest BCUT2D eigenvalue weighted by atomic mass is 35.5. The third-order valence-corrected chi connectivity index (χ3v) is 7.38. The molecule has 0 spiro atoms. The minimum atomic E-state index is -3.73. The van der Waals surface area contributed by atoms with E-state index < -0.39 is 27.9 Å². The second-order valence-electron chi connectivity index (χ2n) is 7.09. The van der Waals surface area contributed by atoms with Crippen LogP contribution in [0.5, 0.6) is 0 Å². The average Bonchev–Trinajstić information content (AvgIpc) is 3.42. The first kappa shape index (κ1) is 20.8. The molecular weight excluding hydrogens is 433 g/mol. The number of nitrogens with zero attached hydrogens (tertiary/aromatic N) is 2. The molecule has 2 aliphatic rings. The number of hydrogen-bond acceptors (Lipinski definition) is 5. The molecular formula is C20H19ClFN3O4S. The van der Waals surface area contributed by atoms with Crippen LogP contribution in [0.4, 0.5) is 10.1 Å². The summed E-state index contributed by atoms with van der Waals surface area (Å²) in [6, 6.07) is 10.2. The van der Waals surface area contributed by atoms with Crippen LogP contribution in [-0.2, 0) is 19.7 Å². The third-order valence-electron chi connectivity index (χ3n) is 5.00. The van der Waals surface area contributed by atoms with Gasteiger partial charge in [0.1, 0.15) is 10.7 Å². The number of anilines is 1. The van der Waals surface area contributed by atoms with Gasteiger partial charge in [-0.1, -0.05) is 28.9 Å². The van der Waals surface area contributed by atoms with Crippen molar-refractivity contribution in [1.82, 2.24) is 4.31 Å². The molecule has 2 heterocycles. The largest absolute Gasteiger partial charge is 0.382 e. The van der Waals surface area contributed by atoms with Gasteiger partial charge in [-0.2, -0.15) is 4.31 Å². The fourth-order valence-corrected chi connectivity index (χ4v) is 5.44. The molecule has 158 valence electrons. The van der Waals surface area contributed by atoms with Gasteiger partial charge in [0.25, 0.3) is 5.91 Å². The van der Waals surface area contributed by atoms with E-state index in [9.17, 15) is 17.6 Å². The van der Waals surface area contributed by atoms with Gasteiger partial charge in [-0.3, -0.25) is 4.79 Å². The highest BCUT2D eigenvalue weighted by Crippen LogP contribution is 2.30. The molecule has 0 bridgehead atoms. The summed E-state index contributed by atoms with van der Waals surface area (Å²) in [4.78, 5) is 17.7. The van der Waals surface area contributed by atoms with E-state index in [2.05, 4.69) is 10.5 Å². The fraction of sp³-hybridized carbons (Fsp3) is 0.300. The maximum absolute atomic E-state index is 13.4. The van der Waals surface area contributed by atoms with Crippen LogP contribution in [0.15, 0.2) is 52.5 Å². The quantitative estimate of drug-likeness (QED) is 0.754. The van der Waals surface area contributed by atoms with Crippen molar-refractivity contribution >= 4 is 38.9 Å². The van der Waals surface area contributed by atoms with Crippen LogP contribution in [0.25, 0.3) is 0 Å². The van der Waals surface area contributed by atoms with Crippen LogP contribution in [-0.4, -0.2) is 43.5 Å². The van der Waals surface area contributed by atoms with E-state index in [0.29, 0.717) is 24.4 Å². The first-order chi connectivity index (χ1) is 14.3. The van der Waals surface area contributed by atoms with E-state index in [0.717, 1.165) is 12.8 Å². The number of carbonyl (C=O) groups excluding carboxylic acids is 1. The predicted octanol–water partition coefficient (Wildman–Crippen LogP) is 3.40. The van der Waals surface area contributed by atoms with Crippen molar-refractivity contribution in [3.8, 4) is 0 Å². The van der Waals surface area contributed by atoms with Gasteiger partial charge in [-0.25, -0.2) is 12.8 Å². The van der Waals surface area contributed by atoms with E-state index in [1.165, 1.54) is 34.6 Å². The van der Waals surface area contributed by atoms with Crippen molar-refractivity contribution in [2.24, 2.45) is 5.16 Å². The maximum Gasteiger partial charge on any atom is 0.268 e. The highest BCUT2D eigenvalue weighted by molar-refractivity contribution is 7.89. The molecule has 1 atom stereocenters. The zero-order chi connectivity index (χ0) is 21.3. The van der Waals surface area contributed by atoms with Gasteiger partial charge in [-0.05, 0) is 43.2 Å². The molecule has 1 fully saturated rings. The Hall–Kier alpha value is -2.49. The number of carbonyl (C=O) groups is 1. The molecule has 0 radical (unpaired) electrons. The number of nitrogens with one attached hydrogen (secondary N) is 1. The van der Waals surface area contributed by atoms with Crippen LogP contribution < -0.4 is 5.32 Å². The highest BCUT2D eigenvalue weighted by Gasteiger charge is 2.31. The van der Waals surface area contributed by atoms with Crippen LogP contribution in [0, 0.1) is 5.82 Å². The zero-order valence-corrected chi connectivity index (χ0v) is 17.4. The Morgan fingerprint density at radius 2 is 1.97 bits per heavy atom. The van der Waals surface area contributed by atoms with Gasteiger partial charge in [0, 0.05) is 30.8 Å². The van der Waals surface area contributed by atoms with Crippen LogP contribution >= 0.6 is 11.6 Å². The number of hydrogen-bond donors (Lipinski definition) is 1. The van der Waals surface area contributed by atoms with Crippen molar-refractivity contribution < 1.29 is 22.4 Å². The zero-order valence-electron chi connectivity index (χ0n) is 15.8. The van der Waals surface area contributed by atoms with Crippen molar-refractivity contribution in [3.05, 3.63) is 58.9 Å². The molecule has 1 N–H and O–H groups in total. The summed E-state index contributed by atoms with van der Waals surface area (Å²) in [5, 5.41) is 6.62. The first-order valence-electron chi connectivity index (χ1n) is 9.44. The van der Waals surface area contributed by atoms with Crippen molar-refractivity contribution in [3.63, 3.8) is 0 Å². The molecule has 1 amide bonds. The van der Waals surface area contributed by atoms with Gasteiger partial charge in [0.05, 0.1) is 10.7 Å². The van der Waals surface area contributed by atoms with Crippen LogP contribution in [0.2, 0.25) is 5.02 Å². The maximum atomic E-state index is 13.4. The van der Waals surface area contributed by atoms with Gasteiger partial charge in [0.2, 0.25) is 16.1 Å². The monoisotopic (exact) mass is 451 g/mol. The van der Waals surface area contributed by atoms with E-state index in [4.69, 9.17) is 16.4 Å². The summed E-state index contributed by atoms with van der Waals surface area (Å²) in [6.45, 7) is 0.900. The molecule has 2 aliphatic heterocycles. The number of halogens is 2. The molecule has 2 aromatic carbocycles. The standard InChI is InChI=1S/C20H19ClFN3O4S/c21-16-7-6-15(11-19(16)30(27,28)25-8-1-2-9-25)23-20(26)18-12-17(24-29-18)13-4-3-5-14(22)10-13/h3-7,10-11,18H,1-2,8-9,12H2,(H,23,26). The smallest absolute Gasteiger partial charge is 0.268 e. The van der Waals surface area contributed by atoms with E-state index >= 15 is 0 Å². The molecule has 1 unspecified atom stereocenters. The summed E-state index contributed by atoms with van der Waals surface area (Å²) in [5.41, 5.74) is 1.28. The normalized spacial score (nSPS) is 19.4. The van der Waals surface area contributed by atoms with E-state index in [1.807, 2.05) is 0 Å². The number of oxime groups is 1. The number of sulfonamides is 1. The molecule has 30 heavy (non-hydrogen) atoms. The molecule has 1 saturated heterocycles. The Labute approximate surface area is 178 Å². The van der Waals surface area contributed by atoms with Gasteiger partial charge in [0.15, 0.2) is 0 Å². The van der Waals surface area contributed by atoms with E-state index in [1.54, 1.807) is 12.1 Å². The lowest BCUT2D eigenvalue weighted by molar-refractivity contribution is -0.125. The second kappa shape index (κ2) is 8.33. The van der Waals surface area contributed by atoms with Gasteiger partial charge in [-0.15, -0.1) is 0 Å². The SMILES string of the molecule is O=C(Nc1ccc(Cl)c(S(=O)(=O)N2CCCC2)c1)C1CC(c2cccc(F)c2)=NO1. The summed E-state index contributed by atoms with van der Waals surface area (Å²) in [5.74, 6) is -0.895. The average molecular weight is 452 g/mol. The summed E-state index contributed by atoms with van der Waals surface area (Å²) in [7, 11) is -3.73. The first-order valence-corrected chi connectivity index (χ1v) is 11.3. The summed E-state index contributed by atoms with van der Waals surface area (Å²) >= 11 is 6.13. The number of benzene rings is 2. The Bertz CT molecular complexity index is 1120. The number of rotatable bonds is 5. The van der Waals surface area contributed by atoms with Gasteiger partial charge < -0.3 is 10.2 Å². The molecule has 10 heteroatoms. The van der Waals surface area contributed by atoms with Crippen LogP contribution in [0.3, 0.4) is 0 Å². The third kappa shape index (κ3) is 4.19. The Morgan fingerprint density at radius 3 is 2.70 bits per heavy atom. The fourth-order valence-electron chi connectivity index (χ4n) is 3.43. The van der Waals surface area contributed by atoms with Gasteiger partial charge >= 0.3 is 0 Å². The predicted molar refractivity (Wildman–Crippen MR) is 111 cm³/mol. The minimum Gasteiger partial charge on any atom is -0.382 e. The second-order valence-corrected chi connectivity index (χ2v) is 9.41. The van der Waals surface area contributed by atoms with Crippen LogP contribution in [0.1, 0.15) is 24.8 Å². The molecule has 0 aromatic heterocycles. The van der Waals surface area contributed by atoms with E-state index in [-0.39, 0.29) is 22.0 Å². The minimum absolute atomic E-state index is 0.0482. The summed E-state index contributed by atoms with van der Waals surface area (Å²) < 4.78 is 40.5. The molecule has 0 aliphatic carbocycles. The Morgan fingerprint density at radius 1 is 1.20 bits per heavy atom. The molecule has 2 aromatic rings. The molecule has 0 saturated carbocycles. The Kier molecular flexibility index (Phi) is 5.77. The lowest BCUT2D eigenvalue weighted by atomic mass is 10.0. The van der Waals surface area contributed by atoms with Crippen molar-refractivity contribution in [1.29, 1.82) is 0 Å². The van der Waals surface area contributed by atoms with Crippen molar-refractivity contribution in [2.75, 3.05) is 18.4 Å². The lowest BCUT2D eigenvalue weighted by Crippen LogP contribution is -2.29. The lowest BCUT2D eigenvalue weighted by Gasteiger charge is -2.17.